The number of aromatic amines is 1. The van der Waals surface area contributed by atoms with Gasteiger partial charge in [-0.25, -0.2) is 4.98 Å². The van der Waals surface area contributed by atoms with Crippen LogP contribution in [-0.4, -0.2) is 39.1 Å². The Morgan fingerprint density at radius 2 is 2.04 bits per heavy atom. The van der Waals surface area contributed by atoms with Crippen molar-refractivity contribution in [3.63, 3.8) is 0 Å². The Hall–Kier alpha value is -2.21. The Morgan fingerprint density at radius 3 is 2.72 bits per heavy atom. The molecule has 1 aliphatic heterocycles. The Kier molecular flexibility index (Phi) is 5.81. The minimum Gasteiger partial charge on any atom is -0.342 e. The number of likely N-dealkylation sites (tertiary alicyclic amines) is 1. The molecule has 1 amide bonds. The molecular weight excluding hydrogens is 314 g/mol. The van der Waals surface area contributed by atoms with E-state index in [1.54, 1.807) is 0 Å². The van der Waals surface area contributed by atoms with E-state index in [-0.39, 0.29) is 11.9 Å². The number of hydrogen-bond acceptors (Lipinski definition) is 4. The molecule has 0 radical (unpaired) electrons. The van der Waals surface area contributed by atoms with Crippen LogP contribution in [0.4, 0.5) is 0 Å². The van der Waals surface area contributed by atoms with Gasteiger partial charge in [-0.1, -0.05) is 25.0 Å². The summed E-state index contributed by atoms with van der Waals surface area (Å²) in [6.45, 7) is 6.95. The Labute approximate surface area is 149 Å². The van der Waals surface area contributed by atoms with Crippen molar-refractivity contribution in [3.8, 4) is 0 Å². The Balaban J connectivity index is 1.62. The summed E-state index contributed by atoms with van der Waals surface area (Å²) < 4.78 is 0. The van der Waals surface area contributed by atoms with E-state index in [2.05, 4.69) is 31.5 Å². The quantitative estimate of drug-likeness (QED) is 0.877. The molecule has 0 spiro atoms. The molecule has 1 saturated heterocycles. The third kappa shape index (κ3) is 4.89. The van der Waals surface area contributed by atoms with Crippen molar-refractivity contribution in [1.82, 2.24) is 25.4 Å². The van der Waals surface area contributed by atoms with Crippen LogP contribution in [-0.2, 0) is 6.54 Å². The lowest BCUT2D eigenvalue weighted by Crippen LogP contribution is -2.28. The van der Waals surface area contributed by atoms with Crippen LogP contribution in [0.5, 0.6) is 0 Å². The number of nitrogens with zero attached hydrogens (tertiary/aromatic N) is 3. The average molecular weight is 341 g/mol. The second-order valence-electron chi connectivity index (χ2n) is 6.86. The molecule has 1 aromatic carbocycles. The van der Waals surface area contributed by atoms with Crippen molar-refractivity contribution in [2.75, 3.05) is 13.1 Å². The van der Waals surface area contributed by atoms with E-state index in [1.807, 2.05) is 32.0 Å². The molecule has 2 heterocycles. The first kappa shape index (κ1) is 17.6. The lowest BCUT2D eigenvalue weighted by molar-refractivity contribution is 0.0938. The van der Waals surface area contributed by atoms with Gasteiger partial charge in [-0.3, -0.25) is 14.8 Å². The fourth-order valence-corrected chi connectivity index (χ4v) is 3.26. The van der Waals surface area contributed by atoms with Gasteiger partial charge in [0.1, 0.15) is 5.82 Å². The van der Waals surface area contributed by atoms with Crippen LogP contribution in [0.25, 0.3) is 0 Å². The van der Waals surface area contributed by atoms with Gasteiger partial charge in [0.05, 0.1) is 6.04 Å². The maximum atomic E-state index is 12.5. The van der Waals surface area contributed by atoms with Crippen molar-refractivity contribution in [2.45, 2.75) is 52.1 Å². The molecule has 1 aliphatic rings. The van der Waals surface area contributed by atoms with Gasteiger partial charge in [0, 0.05) is 12.1 Å². The fourth-order valence-electron chi connectivity index (χ4n) is 3.26. The Bertz CT molecular complexity index is 703. The zero-order chi connectivity index (χ0) is 17.6. The first-order valence-corrected chi connectivity index (χ1v) is 9.13. The van der Waals surface area contributed by atoms with E-state index < -0.39 is 0 Å². The molecule has 6 heteroatoms. The highest BCUT2D eigenvalue weighted by molar-refractivity contribution is 5.94. The molecule has 3 rings (SSSR count). The lowest BCUT2D eigenvalue weighted by Gasteiger charge is -2.20. The minimum absolute atomic E-state index is 0.0901. The van der Waals surface area contributed by atoms with Crippen LogP contribution < -0.4 is 5.32 Å². The number of amides is 1. The first-order chi connectivity index (χ1) is 12.1. The summed E-state index contributed by atoms with van der Waals surface area (Å²) in [4.78, 5) is 19.3. The number of nitrogens with one attached hydrogen (secondary N) is 2. The normalized spacial score (nSPS) is 17.0. The highest BCUT2D eigenvalue weighted by atomic mass is 16.1. The third-order valence-electron chi connectivity index (χ3n) is 4.64. The molecule has 25 heavy (non-hydrogen) atoms. The van der Waals surface area contributed by atoms with Gasteiger partial charge in [-0.05, 0) is 57.5 Å². The van der Waals surface area contributed by atoms with E-state index in [4.69, 9.17) is 0 Å². The highest BCUT2D eigenvalue weighted by Crippen LogP contribution is 2.15. The van der Waals surface area contributed by atoms with Crippen LogP contribution in [0.1, 0.15) is 66.2 Å². The van der Waals surface area contributed by atoms with E-state index in [0.29, 0.717) is 11.4 Å². The minimum atomic E-state index is -0.230. The summed E-state index contributed by atoms with van der Waals surface area (Å²) in [7, 11) is 0. The monoisotopic (exact) mass is 341 g/mol. The highest BCUT2D eigenvalue weighted by Gasteiger charge is 2.16. The maximum Gasteiger partial charge on any atom is 0.251 e. The molecule has 0 unspecified atom stereocenters. The van der Waals surface area contributed by atoms with Gasteiger partial charge in [0.25, 0.3) is 5.91 Å². The standard InChI is InChI=1S/C19H27N5O/c1-14(18-21-15(2)22-23-18)20-19(25)17-9-7-8-16(12-17)13-24-10-5-3-4-6-11-24/h7-9,12,14H,3-6,10-11,13H2,1-2H3,(H,20,25)(H,21,22,23)/t14-/m1/s1. The molecule has 1 aromatic heterocycles. The summed E-state index contributed by atoms with van der Waals surface area (Å²) >= 11 is 0. The SMILES string of the molecule is Cc1nc([C@@H](C)NC(=O)c2cccc(CN3CCCCCC3)c2)n[nH]1. The van der Waals surface area contributed by atoms with Gasteiger partial charge in [-0.2, -0.15) is 5.10 Å². The van der Waals surface area contributed by atoms with Crippen LogP contribution >= 0.6 is 0 Å². The summed E-state index contributed by atoms with van der Waals surface area (Å²) in [5, 5.41) is 9.88. The maximum absolute atomic E-state index is 12.5. The van der Waals surface area contributed by atoms with Gasteiger partial charge < -0.3 is 5.32 Å². The number of rotatable bonds is 5. The van der Waals surface area contributed by atoms with E-state index in [9.17, 15) is 4.79 Å². The van der Waals surface area contributed by atoms with Crippen molar-refractivity contribution in [3.05, 3.63) is 47.0 Å². The fraction of sp³-hybridized carbons (Fsp3) is 0.526. The number of hydrogen-bond donors (Lipinski definition) is 2. The molecular formula is C19H27N5O. The smallest absolute Gasteiger partial charge is 0.251 e. The molecule has 2 aromatic rings. The lowest BCUT2D eigenvalue weighted by atomic mass is 10.1. The number of aryl methyl sites for hydroxylation is 1. The molecule has 0 bridgehead atoms. The Morgan fingerprint density at radius 1 is 1.28 bits per heavy atom. The predicted octanol–water partition coefficient (Wildman–Crippen LogP) is 2.98. The van der Waals surface area contributed by atoms with E-state index >= 15 is 0 Å². The van der Waals surface area contributed by atoms with Crippen LogP contribution in [0.2, 0.25) is 0 Å². The van der Waals surface area contributed by atoms with Gasteiger partial charge in [0.15, 0.2) is 5.82 Å². The predicted molar refractivity (Wildman–Crippen MR) is 97.2 cm³/mol. The molecule has 6 nitrogen and oxygen atoms in total. The first-order valence-electron chi connectivity index (χ1n) is 9.13. The van der Waals surface area contributed by atoms with Crippen molar-refractivity contribution in [2.24, 2.45) is 0 Å². The van der Waals surface area contributed by atoms with Crippen LogP contribution in [0.15, 0.2) is 24.3 Å². The summed E-state index contributed by atoms with van der Waals surface area (Å²) in [5.41, 5.74) is 1.88. The third-order valence-corrected chi connectivity index (χ3v) is 4.64. The van der Waals surface area contributed by atoms with E-state index in [0.717, 1.165) is 25.5 Å². The van der Waals surface area contributed by atoms with Crippen LogP contribution in [0, 0.1) is 6.92 Å². The number of carbonyl (C=O) groups is 1. The summed E-state index contributed by atoms with van der Waals surface area (Å²) in [6.07, 6.45) is 5.20. The number of carbonyl (C=O) groups excluding carboxylic acids is 1. The van der Waals surface area contributed by atoms with E-state index in [1.165, 1.54) is 31.2 Å². The number of aromatic nitrogens is 3. The zero-order valence-electron chi connectivity index (χ0n) is 15.1. The van der Waals surface area contributed by atoms with Crippen molar-refractivity contribution >= 4 is 5.91 Å². The van der Waals surface area contributed by atoms with Crippen molar-refractivity contribution in [1.29, 1.82) is 0 Å². The second kappa shape index (κ2) is 8.25. The molecule has 1 atom stereocenters. The molecule has 134 valence electrons. The summed E-state index contributed by atoms with van der Waals surface area (Å²) in [6, 6.07) is 7.69. The second-order valence-corrected chi connectivity index (χ2v) is 6.86. The van der Waals surface area contributed by atoms with Gasteiger partial charge in [0.2, 0.25) is 0 Å². The van der Waals surface area contributed by atoms with Crippen molar-refractivity contribution < 1.29 is 4.79 Å². The number of H-pyrrole nitrogens is 1. The average Bonchev–Trinajstić information content (AvgIpc) is 2.88. The van der Waals surface area contributed by atoms with Gasteiger partial charge >= 0.3 is 0 Å². The molecule has 1 fully saturated rings. The molecule has 0 saturated carbocycles. The molecule has 2 N–H and O–H groups in total. The zero-order valence-corrected chi connectivity index (χ0v) is 15.1. The van der Waals surface area contributed by atoms with Gasteiger partial charge in [-0.15, -0.1) is 0 Å². The van der Waals surface area contributed by atoms with Crippen LogP contribution in [0.3, 0.4) is 0 Å². The summed E-state index contributed by atoms with van der Waals surface area (Å²) in [5.74, 6) is 1.26. The number of benzene rings is 1. The largest absolute Gasteiger partial charge is 0.342 e. The molecule has 0 aliphatic carbocycles. The topological polar surface area (TPSA) is 73.9 Å².